The number of rotatable bonds is 12. The number of nitrogens with one attached hydrogen (secondary N) is 1. The first kappa shape index (κ1) is 36.5. The molecule has 1 amide bonds. The zero-order valence-corrected chi connectivity index (χ0v) is 31.0. The number of amides is 1. The highest BCUT2D eigenvalue weighted by atomic mass is 32.1. The zero-order valence-electron chi connectivity index (χ0n) is 29.4. The predicted molar refractivity (Wildman–Crippen MR) is 206 cm³/mol. The maximum atomic E-state index is 14.9. The van der Waals surface area contributed by atoms with Gasteiger partial charge in [-0.3, -0.25) is 15.0 Å². The van der Waals surface area contributed by atoms with Crippen LogP contribution in [0.1, 0.15) is 68.6 Å². The number of carbonyl (C=O) groups is 2. The van der Waals surface area contributed by atoms with Crippen LogP contribution in [0.25, 0.3) is 10.2 Å². The number of benzene rings is 3. The highest BCUT2D eigenvalue weighted by Crippen LogP contribution is 2.33. The summed E-state index contributed by atoms with van der Waals surface area (Å²) in [6.45, 7) is 6.53. The Kier molecular flexibility index (Phi) is 11.6. The molecule has 7 rings (SSSR count). The molecule has 0 radical (unpaired) electrons. The third-order valence-corrected chi connectivity index (χ3v) is 11.5. The molecule has 53 heavy (non-hydrogen) atoms. The number of thiazole rings is 2. The van der Waals surface area contributed by atoms with Crippen molar-refractivity contribution in [3.8, 4) is 17.6 Å². The van der Waals surface area contributed by atoms with Crippen LogP contribution in [0, 0.1) is 17.7 Å². The van der Waals surface area contributed by atoms with Gasteiger partial charge in [0.15, 0.2) is 27.5 Å². The molecule has 4 heterocycles. The Morgan fingerprint density at radius 3 is 2.70 bits per heavy atom. The number of ether oxygens (including phenoxy) is 2. The van der Waals surface area contributed by atoms with E-state index in [1.807, 2.05) is 48.2 Å². The molecule has 1 saturated heterocycles. The third kappa shape index (κ3) is 8.85. The van der Waals surface area contributed by atoms with Gasteiger partial charge in [-0.05, 0) is 86.6 Å². The van der Waals surface area contributed by atoms with Crippen molar-refractivity contribution >= 4 is 55.0 Å². The van der Waals surface area contributed by atoms with Crippen LogP contribution in [0.2, 0.25) is 0 Å². The number of nitrogens with zero attached hydrogens (tertiary/aromatic N) is 4. The highest BCUT2D eigenvalue weighted by molar-refractivity contribution is 7.22. The SMILES string of the molecule is CCOC1CCN(CC#Cc2ccc(OCCCc3sc(N4CCc5cccc(C(=O)Nc6nc7ccccc7s6)c5C4)nc3C(=O)O)c(F)c2)CC1. The fourth-order valence-corrected chi connectivity index (χ4v) is 8.67. The normalized spacial score (nSPS) is 14.8. The third-order valence-electron chi connectivity index (χ3n) is 9.40. The van der Waals surface area contributed by atoms with E-state index in [0.29, 0.717) is 71.3 Å². The number of carboxylic acid groups (broad SMARTS) is 1. The second-order valence-corrected chi connectivity index (χ2v) is 15.1. The summed E-state index contributed by atoms with van der Waals surface area (Å²) in [6, 6.07) is 18.2. The molecule has 10 nitrogen and oxygen atoms in total. The maximum Gasteiger partial charge on any atom is 0.355 e. The van der Waals surface area contributed by atoms with Crippen LogP contribution in [0.5, 0.6) is 5.75 Å². The van der Waals surface area contributed by atoms with Crippen molar-refractivity contribution in [2.75, 3.05) is 49.6 Å². The molecule has 0 atom stereocenters. The lowest BCUT2D eigenvalue weighted by atomic mass is 9.94. The Balaban J connectivity index is 0.938. The van der Waals surface area contributed by atoms with Crippen LogP contribution in [-0.2, 0) is 24.1 Å². The van der Waals surface area contributed by atoms with Gasteiger partial charge in [-0.1, -0.05) is 47.4 Å². The van der Waals surface area contributed by atoms with Gasteiger partial charge in [0.05, 0.1) is 29.5 Å². The Hall–Kier alpha value is -4.87. The van der Waals surface area contributed by atoms with E-state index in [4.69, 9.17) is 9.47 Å². The highest BCUT2D eigenvalue weighted by Gasteiger charge is 2.27. The summed E-state index contributed by atoms with van der Waals surface area (Å²) in [5.74, 6) is 4.51. The number of aryl methyl sites for hydroxylation is 1. The predicted octanol–water partition coefficient (Wildman–Crippen LogP) is 7.27. The van der Waals surface area contributed by atoms with Crippen LogP contribution < -0.4 is 15.0 Å². The fourth-order valence-electron chi connectivity index (χ4n) is 6.69. The monoisotopic (exact) mass is 753 g/mol. The molecule has 13 heteroatoms. The van der Waals surface area contributed by atoms with Crippen molar-refractivity contribution in [2.24, 2.45) is 0 Å². The van der Waals surface area contributed by atoms with Crippen LogP contribution >= 0.6 is 22.7 Å². The van der Waals surface area contributed by atoms with Crippen LogP contribution in [0.3, 0.4) is 0 Å². The van der Waals surface area contributed by atoms with Gasteiger partial charge in [0.25, 0.3) is 5.91 Å². The Labute approximate surface area is 315 Å². The maximum absolute atomic E-state index is 14.9. The Morgan fingerprint density at radius 1 is 1.06 bits per heavy atom. The Morgan fingerprint density at radius 2 is 1.91 bits per heavy atom. The summed E-state index contributed by atoms with van der Waals surface area (Å²) < 4.78 is 27.3. The lowest BCUT2D eigenvalue weighted by Crippen LogP contribution is -2.37. The van der Waals surface area contributed by atoms with Crippen molar-refractivity contribution in [3.05, 3.63) is 99.3 Å². The van der Waals surface area contributed by atoms with E-state index in [0.717, 1.165) is 53.9 Å². The minimum atomic E-state index is -1.10. The van der Waals surface area contributed by atoms with E-state index in [1.165, 1.54) is 28.7 Å². The van der Waals surface area contributed by atoms with Gasteiger partial charge in [-0.15, -0.1) is 11.3 Å². The summed E-state index contributed by atoms with van der Waals surface area (Å²) in [5.41, 5.74) is 3.94. The van der Waals surface area contributed by atoms with E-state index in [2.05, 4.69) is 32.0 Å². The number of hydrogen-bond donors (Lipinski definition) is 2. The number of anilines is 2. The molecule has 0 unspecified atom stereocenters. The molecular weight excluding hydrogens is 714 g/mol. The van der Waals surface area contributed by atoms with E-state index in [9.17, 15) is 19.1 Å². The molecule has 2 aromatic heterocycles. The minimum absolute atomic E-state index is 0.00503. The summed E-state index contributed by atoms with van der Waals surface area (Å²) in [7, 11) is 0. The van der Waals surface area contributed by atoms with Crippen molar-refractivity contribution < 1.29 is 28.6 Å². The molecule has 2 aliphatic rings. The average Bonchev–Trinajstić information content (AvgIpc) is 3.79. The van der Waals surface area contributed by atoms with Crippen LogP contribution in [0.4, 0.5) is 14.7 Å². The average molecular weight is 754 g/mol. The molecule has 0 aliphatic carbocycles. The zero-order chi connectivity index (χ0) is 36.7. The fraction of sp³-hybridized carbons (Fsp3) is 0.350. The van der Waals surface area contributed by atoms with Crippen molar-refractivity contribution in [3.63, 3.8) is 0 Å². The van der Waals surface area contributed by atoms with Crippen LogP contribution in [-0.4, -0.2) is 77.3 Å². The minimum Gasteiger partial charge on any atom is -0.491 e. The van der Waals surface area contributed by atoms with Gasteiger partial charge in [0.2, 0.25) is 0 Å². The molecule has 0 spiro atoms. The molecule has 3 aromatic carbocycles. The summed E-state index contributed by atoms with van der Waals surface area (Å²) >= 11 is 2.75. The van der Waals surface area contributed by atoms with E-state index in [-0.39, 0.29) is 24.0 Å². The van der Waals surface area contributed by atoms with Gasteiger partial charge in [-0.25, -0.2) is 19.2 Å². The smallest absolute Gasteiger partial charge is 0.355 e. The second kappa shape index (κ2) is 16.9. The number of fused-ring (bicyclic) bond motifs is 2. The largest absolute Gasteiger partial charge is 0.491 e. The first-order valence-electron chi connectivity index (χ1n) is 17.9. The number of carbonyl (C=O) groups excluding carboxylic acids is 1. The molecule has 5 aromatic rings. The number of carboxylic acids is 1. The second-order valence-electron chi connectivity index (χ2n) is 13.0. The lowest BCUT2D eigenvalue weighted by molar-refractivity contribution is 0.0171. The van der Waals surface area contributed by atoms with E-state index in [1.54, 1.807) is 18.2 Å². The molecule has 0 bridgehead atoms. The summed E-state index contributed by atoms with van der Waals surface area (Å²) in [6.07, 6.45) is 3.90. The number of para-hydroxylation sites is 1. The molecular formula is C40H40FN5O5S2. The topological polar surface area (TPSA) is 117 Å². The standard InChI is InChI=1S/C40H40FN5O5S2/c1-2-50-28-17-20-45(21-18-28)19-6-8-26-14-15-33(31(41)24-26)51-23-7-13-35-36(38(48)49)43-40(53-35)46-22-16-27-9-5-10-29(30(27)25-46)37(47)44-39-42-32-11-3-4-12-34(32)52-39/h3-5,9-12,14-15,24,28H,2,7,13,16-23,25H2,1H3,(H,48,49)(H,42,44,47). The van der Waals surface area contributed by atoms with Gasteiger partial charge in [0.1, 0.15) is 0 Å². The molecule has 274 valence electrons. The first-order chi connectivity index (χ1) is 25.8. The Bertz CT molecular complexity index is 2130. The molecule has 0 saturated carbocycles. The number of halogens is 1. The van der Waals surface area contributed by atoms with E-state index < -0.39 is 11.8 Å². The van der Waals surface area contributed by atoms with Crippen molar-refractivity contribution in [2.45, 2.75) is 51.7 Å². The van der Waals surface area contributed by atoms with Crippen LogP contribution in [0.15, 0.2) is 60.7 Å². The van der Waals surface area contributed by atoms with Gasteiger partial charge in [-0.2, -0.15) is 0 Å². The van der Waals surface area contributed by atoms with Crippen molar-refractivity contribution in [1.29, 1.82) is 0 Å². The lowest BCUT2D eigenvalue weighted by Gasteiger charge is -2.30. The number of likely N-dealkylation sites (tertiary alicyclic amines) is 1. The molecule has 2 N–H and O–H groups in total. The van der Waals surface area contributed by atoms with E-state index >= 15 is 0 Å². The molecule has 2 aliphatic heterocycles. The number of piperidine rings is 1. The van der Waals surface area contributed by atoms with Crippen molar-refractivity contribution in [1.82, 2.24) is 14.9 Å². The molecule has 1 fully saturated rings. The quantitative estimate of drug-likeness (QED) is 0.100. The van der Waals surface area contributed by atoms with Gasteiger partial charge < -0.3 is 19.5 Å². The summed E-state index contributed by atoms with van der Waals surface area (Å²) in [5, 5.41) is 14.1. The number of aromatic nitrogens is 2. The number of aromatic carboxylic acids is 1. The number of hydrogen-bond acceptors (Lipinski definition) is 10. The van der Waals surface area contributed by atoms with Gasteiger partial charge >= 0.3 is 5.97 Å². The summed E-state index contributed by atoms with van der Waals surface area (Å²) in [4.78, 5) is 39.6. The first-order valence-corrected chi connectivity index (χ1v) is 19.5. The van der Waals surface area contributed by atoms with Gasteiger partial charge in [0, 0.05) is 48.8 Å².